The van der Waals surface area contributed by atoms with Crippen LogP contribution in [-0.4, -0.2) is 4.98 Å². The maximum atomic E-state index is 5.30. The molecule has 14 heavy (non-hydrogen) atoms. The van der Waals surface area contributed by atoms with Crippen molar-refractivity contribution in [3.8, 4) is 0 Å². The zero-order valence-electron chi connectivity index (χ0n) is 7.71. The predicted molar refractivity (Wildman–Crippen MR) is 62.0 cm³/mol. The number of nitrogens with one attached hydrogen (secondary N) is 1. The Labute approximate surface area is 90.4 Å². The molecule has 1 heterocycles. The number of benzene rings is 1. The van der Waals surface area contributed by atoms with Gasteiger partial charge in [-0.05, 0) is 36.8 Å². The van der Waals surface area contributed by atoms with Crippen molar-refractivity contribution in [1.29, 1.82) is 0 Å². The molecule has 0 fully saturated rings. The lowest BCUT2D eigenvalue weighted by atomic mass is 10.1. The van der Waals surface area contributed by atoms with Gasteiger partial charge in [0.25, 0.3) is 0 Å². The number of aromatic nitrogens is 1. The summed E-state index contributed by atoms with van der Waals surface area (Å²) in [5.74, 6) is 5.98. The zero-order valence-corrected chi connectivity index (χ0v) is 9.30. The highest BCUT2D eigenvalue weighted by Gasteiger charge is 2.01. The molecule has 72 valence electrons. The molecule has 1 aromatic heterocycles. The lowest BCUT2D eigenvalue weighted by Gasteiger charge is -2.05. The van der Waals surface area contributed by atoms with Gasteiger partial charge in [-0.2, -0.15) is 0 Å². The maximum absolute atomic E-state index is 5.30. The molecule has 0 atom stereocenters. The van der Waals surface area contributed by atoms with E-state index in [-0.39, 0.29) is 0 Å². The first-order valence-electron chi connectivity index (χ1n) is 4.24. The van der Waals surface area contributed by atoms with E-state index in [0.29, 0.717) is 5.82 Å². The van der Waals surface area contributed by atoms with Crippen LogP contribution in [0.5, 0.6) is 0 Å². The highest BCUT2D eigenvalue weighted by Crippen LogP contribution is 2.23. The minimum atomic E-state index is 0.683. The van der Waals surface area contributed by atoms with Crippen LogP contribution in [0.1, 0.15) is 5.56 Å². The SMILES string of the molecule is Cc1cc(Br)cc2ccc(NN)nc12. The number of hydrazine groups is 1. The van der Waals surface area contributed by atoms with E-state index in [0.717, 1.165) is 20.9 Å². The molecule has 3 N–H and O–H groups in total. The van der Waals surface area contributed by atoms with E-state index >= 15 is 0 Å². The van der Waals surface area contributed by atoms with Gasteiger partial charge in [0, 0.05) is 9.86 Å². The molecule has 0 aliphatic heterocycles. The number of anilines is 1. The lowest BCUT2D eigenvalue weighted by Crippen LogP contribution is -2.08. The number of fused-ring (bicyclic) bond motifs is 1. The fourth-order valence-corrected chi connectivity index (χ4v) is 2.04. The Hall–Kier alpha value is -1.13. The topological polar surface area (TPSA) is 50.9 Å². The number of nitrogen functional groups attached to an aromatic ring is 1. The number of nitrogens with two attached hydrogens (primary N) is 1. The Morgan fingerprint density at radius 2 is 2.14 bits per heavy atom. The van der Waals surface area contributed by atoms with Crippen molar-refractivity contribution in [3.63, 3.8) is 0 Å². The molecule has 0 bridgehead atoms. The minimum Gasteiger partial charge on any atom is -0.308 e. The van der Waals surface area contributed by atoms with Crippen LogP contribution in [0.25, 0.3) is 10.9 Å². The van der Waals surface area contributed by atoms with Crippen LogP contribution in [0, 0.1) is 6.92 Å². The molecule has 0 unspecified atom stereocenters. The monoisotopic (exact) mass is 251 g/mol. The summed E-state index contributed by atoms with van der Waals surface area (Å²) in [4.78, 5) is 4.38. The van der Waals surface area contributed by atoms with Crippen molar-refractivity contribution in [2.75, 3.05) is 5.43 Å². The van der Waals surface area contributed by atoms with Crippen molar-refractivity contribution in [1.82, 2.24) is 4.98 Å². The summed E-state index contributed by atoms with van der Waals surface area (Å²) in [7, 11) is 0. The predicted octanol–water partition coefficient (Wildman–Crippen LogP) is 2.59. The fraction of sp³-hybridized carbons (Fsp3) is 0.100. The van der Waals surface area contributed by atoms with E-state index in [9.17, 15) is 0 Å². The quantitative estimate of drug-likeness (QED) is 0.605. The first-order valence-corrected chi connectivity index (χ1v) is 5.03. The van der Waals surface area contributed by atoms with Crippen molar-refractivity contribution in [3.05, 3.63) is 34.3 Å². The molecule has 0 spiro atoms. The normalized spacial score (nSPS) is 10.5. The van der Waals surface area contributed by atoms with Gasteiger partial charge in [0.05, 0.1) is 5.52 Å². The van der Waals surface area contributed by atoms with E-state index < -0.39 is 0 Å². The van der Waals surface area contributed by atoms with Gasteiger partial charge in [-0.15, -0.1) is 0 Å². The molecular formula is C10H10BrN3. The van der Waals surface area contributed by atoms with Crippen LogP contribution in [0.3, 0.4) is 0 Å². The molecule has 3 nitrogen and oxygen atoms in total. The summed E-state index contributed by atoms with van der Waals surface area (Å²) in [6, 6.07) is 7.93. The van der Waals surface area contributed by atoms with Gasteiger partial charge in [-0.1, -0.05) is 15.9 Å². The van der Waals surface area contributed by atoms with Crippen molar-refractivity contribution in [2.45, 2.75) is 6.92 Å². The molecule has 2 rings (SSSR count). The smallest absolute Gasteiger partial charge is 0.140 e. The fourth-order valence-electron chi connectivity index (χ4n) is 1.45. The number of rotatable bonds is 1. The molecule has 2 aromatic rings. The Morgan fingerprint density at radius 1 is 1.36 bits per heavy atom. The second-order valence-corrected chi connectivity index (χ2v) is 4.05. The molecule has 0 aliphatic carbocycles. The number of halogens is 1. The van der Waals surface area contributed by atoms with Gasteiger partial charge in [-0.25, -0.2) is 10.8 Å². The summed E-state index contributed by atoms with van der Waals surface area (Å²) in [6.45, 7) is 2.03. The number of hydrogen-bond donors (Lipinski definition) is 2. The van der Waals surface area contributed by atoms with Crippen LogP contribution in [-0.2, 0) is 0 Å². The Bertz CT molecular complexity index is 482. The third-order valence-electron chi connectivity index (χ3n) is 2.10. The first kappa shape index (κ1) is 9.43. The second-order valence-electron chi connectivity index (χ2n) is 3.14. The minimum absolute atomic E-state index is 0.683. The summed E-state index contributed by atoms with van der Waals surface area (Å²) < 4.78 is 1.07. The van der Waals surface area contributed by atoms with E-state index in [4.69, 9.17) is 5.84 Å². The van der Waals surface area contributed by atoms with Crippen molar-refractivity contribution >= 4 is 32.7 Å². The molecular weight excluding hydrogens is 242 g/mol. The lowest BCUT2D eigenvalue weighted by molar-refractivity contribution is 1.25. The summed E-state index contributed by atoms with van der Waals surface area (Å²) in [6.07, 6.45) is 0. The molecule has 1 aromatic carbocycles. The average Bonchev–Trinajstić information content (AvgIpc) is 2.17. The van der Waals surface area contributed by atoms with Gasteiger partial charge >= 0.3 is 0 Å². The van der Waals surface area contributed by atoms with Gasteiger partial charge in [0.2, 0.25) is 0 Å². The van der Waals surface area contributed by atoms with E-state index in [1.807, 2.05) is 31.2 Å². The Balaban J connectivity index is 2.75. The zero-order chi connectivity index (χ0) is 10.1. The van der Waals surface area contributed by atoms with Crippen LogP contribution >= 0.6 is 15.9 Å². The summed E-state index contributed by atoms with van der Waals surface area (Å²) >= 11 is 3.45. The highest BCUT2D eigenvalue weighted by atomic mass is 79.9. The largest absolute Gasteiger partial charge is 0.308 e. The van der Waals surface area contributed by atoms with Crippen molar-refractivity contribution in [2.24, 2.45) is 5.84 Å². The van der Waals surface area contributed by atoms with E-state index in [1.165, 1.54) is 0 Å². The summed E-state index contributed by atoms with van der Waals surface area (Å²) in [5, 5.41) is 1.11. The third kappa shape index (κ3) is 1.58. The first-order chi connectivity index (χ1) is 6.70. The van der Waals surface area contributed by atoms with Crippen LogP contribution in [0.2, 0.25) is 0 Å². The van der Waals surface area contributed by atoms with Crippen LogP contribution in [0.4, 0.5) is 5.82 Å². The summed E-state index contributed by atoms with van der Waals surface area (Å²) in [5.41, 5.74) is 4.64. The van der Waals surface area contributed by atoms with Gasteiger partial charge in [-0.3, -0.25) is 0 Å². The van der Waals surface area contributed by atoms with Crippen molar-refractivity contribution < 1.29 is 0 Å². The average molecular weight is 252 g/mol. The molecule has 0 saturated heterocycles. The van der Waals surface area contributed by atoms with Crippen LogP contribution in [0.15, 0.2) is 28.7 Å². The number of pyridine rings is 1. The van der Waals surface area contributed by atoms with Gasteiger partial charge < -0.3 is 5.43 Å². The Morgan fingerprint density at radius 3 is 2.86 bits per heavy atom. The van der Waals surface area contributed by atoms with E-state index in [2.05, 4.69) is 26.3 Å². The number of nitrogens with zero attached hydrogens (tertiary/aromatic N) is 1. The maximum Gasteiger partial charge on any atom is 0.140 e. The van der Waals surface area contributed by atoms with Crippen LogP contribution < -0.4 is 11.3 Å². The molecule has 4 heteroatoms. The number of hydrogen-bond acceptors (Lipinski definition) is 3. The third-order valence-corrected chi connectivity index (χ3v) is 2.55. The molecule has 0 saturated carbocycles. The van der Waals surface area contributed by atoms with Gasteiger partial charge in [0.1, 0.15) is 5.82 Å². The molecule has 0 aliphatic rings. The highest BCUT2D eigenvalue weighted by molar-refractivity contribution is 9.10. The Kier molecular flexibility index (Phi) is 2.39. The second kappa shape index (κ2) is 3.55. The van der Waals surface area contributed by atoms with E-state index in [1.54, 1.807) is 0 Å². The number of aryl methyl sites for hydroxylation is 1. The molecule has 0 radical (unpaired) electrons. The standard InChI is InChI=1S/C10H10BrN3/c1-6-4-8(11)5-7-2-3-9(14-12)13-10(6)7/h2-5H,12H2,1H3,(H,13,14). The molecule has 0 amide bonds. The van der Waals surface area contributed by atoms with Gasteiger partial charge in [0.15, 0.2) is 0 Å².